The molecule has 6 heteroatoms. The molecule has 29 heavy (non-hydrogen) atoms. The second-order valence-electron chi connectivity index (χ2n) is 7.67. The second-order valence-corrected chi connectivity index (χ2v) is 9.57. The first-order valence-corrected chi connectivity index (χ1v) is 11.9. The monoisotopic (exact) mass is 416 g/mol. The molecule has 0 amide bonds. The van der Waals surface area contributed by atoms with Gasteiger partial charge in [-0.1, -0.05) is 45.0 Å². The van der Waals surface area contributed by atoms with Crippen LogP contribution >= 0.6 is 0 Å². The molecular weight excluding hydrogens is 384 g/mol. The third-order valence-corrected chi connectivity index (χ3v) is 7.42. The maximum atomic E-state index is 13.5. The van der Waals surface area contributed by atoms with E-state index in [2.05, 4.69) is 43.9 Å². The van der Waals surface area contributed by atoms with Crippen molar-refractivity contribution in [2.24, 2.45) is 0 Å². The van der Waals surface area contributed by atoms with Crippen LogP contribution in [0.2, 0.25) is 0 Å². The number of rotatable bonds is 7. The molecule has 2 aromatic rings. The molecule has 1 saturated heterocycles. The SMILES string of the molecule is CCOc1ccc(C(C)C)cc1S(=O)(=O)N1CCN(c2ccccc2CC)CC1. The molecule has 0 radical (unpaired) electrons. The number of hydrogen-bond donors (Lipinski definition) is 0. The summed E-state index contributed by atoms with van der Waals surface area (Å²) in [4.78, 5) is 2.58. The second kappa shape index (κ2) is 9.18. The lowest BCUT2D eigenvalue weighted by Gasteiger charge is -2.36. The van der Waals surface area contributed by atoms with Crippen LogP contribution in [0.3, 0.4) is 0 Å². The van der Waals surface area contributed by atoms with Gasteiger partial charge in [0.05, 0.1) is 6.61 Å². The Kier molecular flexibility index (Phi) is 6.85. The van der Waals surface area contributed by atoms with Gasteiger partial charge >= 0.3 is 0 Å². The zero-order chi connectivity index (χ0) is 21.0. The van der Waals surface area contributed by atoms with Gasteiger partial charge in [-0.05, 0) is 48.6 Å². The van der Waals surface area contributed by atoms with E-state index in [4.69, 9.17) is 4.74 Å². The Labute approximate surface area is 175 Å². The Morgan fingerprint density at radius 3 is 2.31 bits per heavy atom. The topological polar surface area (TPSA) is 49.9 Å². The summed E-state index contributed by atoms with van der Waals surface area (Å²) < 4.78 is 34.2. The van der Waals surface area contributed by atoms with Gasteiger partial charge in [0.1, 0.15) is 10.6 Å². The highest BCUT2D eigenvalue weighted by atomic mass is 32.2. The number of ether oxygens (including phenoxy) is 1. The summed E-state index contributed by atoms with van der Waals surface area (Å²) in [5.41, 5.74) is 3.51. The molecule has 158 valence electrons. The predicted octanol–water partition coefficient (Wildman–Crippen LogP) is 4.28. The van der Waals surface area contributed by atoms with E-state index in [-0.39, 0.29) is 10.8 Å². The average molecular weight is 417 g/mol. The van der Waals surface area contributed by atoms with E-state index in [9.17, 15) is 8.42 Å². The highest BCUT2D eigenvalue weighted by molar-refractivity contribution is 7.89. The molecule has 0 aromatic heterocycles. The Morgan fingerprint density at radius 1 is 1.00 bits per heavy atom. The van der Waals surface area contributed by atoms with Gasteiger partial charge in [-0.2, -0.15) is 4.31 Å². The summed E-state index contributed by atoms with van der Waals surface area (Å²) >= 11 is 0. The van der Waals surface area contributed by atoms with E-state index in [1.54, 1.807) is 16.4 Å². The van der Waals surface area contributed by atoms with Crippen LogP contribution in [-0.4, -0.2) is 45.5 Å². The third kappa shape index (κ3) is 4.59. The van der Waals surface area contributed by atoms with Crippen LogP contribution in [0.5, 0.6) is 5.75 Å². The molecule has 0 saturated carbocycles. The van der Waals surface area contributed by atoms with Gasteiger partial charge in [0.25, 0.3) is 0 Å². The van der Waals surface area contributed by atoms with Crippen LogP contribution in [0.15, 0.2) is 47.4 Å². The molecule has 0 bridgehead atoms. The highest BCUT2D eigenvalue weighted by Crippen LogP contribution is 2.32. The van der Waals surface area contributed by atoms with E-state index >= 15 is 0 Å². The number of benzene rings is 2. The molecule has 3 rings (SSSR count). The first-order chi connectivity index (χ1) is 13.9. The van der Waals surface area contributed by atoms with Gasteiger partial charge in [-0.3, -0.25) is 0 Å². The minimum absolute atomic E-state index is 0.252. The van der Waals surface area contributed by atoms with E-state index in [0.717, 1.165) is 12.0 Å². The lowest BCUT2D eigenvalue weighted by Crippen LogP contribution is -2.49. The minimum Gasteiger partial charge on any atom is -0.492 e. The van der Waals surface area contributed by atoms with Crippen LogP contribution in [0, 0.1) is 0 Å². The molecule has 0 atom stereocenters. The molecule has 0 N–H and O–H groups in total. The molecule has 0 unspecified atom stereocenters. The summed E-state index contributed by atoms with van der Waals surface area (Å²) in [6, 6.07) is 13.9. The minimum atomic E-state index is -3.61. The van der Waals surface area contributed by atoms with Crippen LogP contribution in [0.4, 0.5) is 5.69 Å². The molecule has 0 aliphatic carbocycles. The van der Waals surface area contributed by atoms with E-state index in [0.29, 0.717) is 38.5 Å². The van der Waals surface area contributed by atoms with Crippen LogP contribution in [0.25, 0.3) is 0 Å². The molecule has 1 fully saturated rings. The zero-order valence-corrected chi connectivity index (χ0v) is 18.7. The van der Waals surface area contributed by atoms with Crippen molar-refractivity contribution in [1.29, 1.82) is 0 Å². The number of anilines is 1. The van der Waals surface area contributed by atoms with E-state index in [1.807, 2.05) is 19.1 Å². The zero-order valence-electron chi connectivity index (χ0n) is 17.9. The number of nitrogens with zero attached hydrogens (tertiary/aromatic N) is 2. The van der Waals surface area contributed by atoms with Crippen molar-refractivity contribution in [3.8, 4) is 5.75 Å². The van der Waals surface area contributed by atoms with Crippen molar-refractivity contribution in [3.05, 3.63) is 53.6 Å². The summed E-state index contributed by atoms with van der Waals surface area (Å²) in [5.74, 6) is 0.692. The number of sulfonamides is 1. The maximum absolute atomic E-state index is 13.5. The lowest BCUT2D eigenvalue weighted by atomic mass is 10.0. The van der Waals surface area contributed by atoms with Crippen molar-refractivity contribution < 1.29 is 13.2 Å². The summed E-state index contributed by atoms with van der Waals surface area (Å²) in [6.45, 7) is 10.9. The molecule has 5 nitrogen and oxygen atoms in total. The molecule has 1 heterocycles. The summed E-state index contributed by atoms with van der Waals surface area (Å²) in [5, 5.41) is 0. The Hall–Kier alpha value is -2.05. The average Bonchev–Trinajstić information content (AvgIpc) is 2.74. The Bertz CT molecular complexity index is 933. The van der Waals surface area contributed by atoms with Crippen molar-refractivity contribution in [2.75, 3.05) is 37.7 Å². The normalized spacial score (nSPS) is 15.7. The Balaban J connectivity index is 1.84. The fourth-order valence-corrected chi connectivity index (χ4v) is 5.38. The fourth-order valence-electron chi connectivity index (χ4n) is 3.79. The van der Waals surface area contributed by atoms with Crippen LogP contribution in [0.1, 0.15) is 44.7 Å². The molecule has 1 aliphatic rings. The third-order valence-electron chi connectivity index (χ3n) is 5.50. The van der Waals surface area contributed by atoms with Crippen molar-refractivity contribution in [1.82, 2.24) is 4.31 Å². The van der Waals surface area contributed by atoms with Gasteiger partial charge in [0, 0.05) is 31.9 Å². The standard InChI is InChI=1S/C23H32N2O3S/c1-5-19-9-7-8-10-21(19)24-13-15-25(16-14-24)29(26,27)23-17-20(18(3)4)11-12-22(23)28-6-2/h7-12,17-18H,5-6,13-16H2,1-4H3. The molecular formula is C23H32N2O3S. The first-order valence-electron chi connectivity index (χ1n) is 10.5. The number of aryl methyl sites for hydroxylation is 1. The van der Waals surface area contributed by atoms with Crippen LogP contribution in [-0.2, 0) is 16.4 Å². The van der Waals surface area contributed by atoms with Gasteiger partial charge < -0.3 is 9.64 Å². The molecule has 2 aromatic carbocycles. The van der Waals surface area contributed by atoms with Gasteiger partial charge in [-0.25, -0.2) is 8.42 Å². The van der Waals surface area contributed by atoms with E-state index < -0.39 is 10.0 Å². The fraction of sp³-hybridized carbons (Fsp3) is 0.478. The molecule has 0 spiro atoms. The van der Waals surface area contributed by atoms with Crippen LogP contribution < -0.4 is 9.64 Å². The first kappa shape index (κ1) is 21.7. The number of para-hydroxylation sites is 1. The van der Waals surface area contributed by atoms with Crippen molar-refractivity contribution in [3.63, 3.8) is 0 Å². The van der Waals surface area contributed by atoms with Crippen molar-refractivity contribution >= 4 is 15.7 Å². The smallest absolute Gasteiger partial charge is 0.246 e. The quantitative estimate of drug-likeness (QED) is 0.676. The number of hydrogen-bond acceptors (Lipinski definition) is 4. The highest BCUT2D eigenvalue weighted by Gasteiger charge is 2.31. The molecule has 1 aliphatic heterocycles. The largest absolute Gasteiger partial charge is 0.492 e. The predicted molar refractivity (Wildman–Crippen MR) is 118 cm³/mol. The van der Waals surface area contributed by atoms with E-state index in [1.165, 1.54) is 11.3 Å². The number of piperazine rings is 1. The maximum Gasteiger partial charge on any atom is 0.246 e. The Morgan fingerprint density at radius 2 is 1.69 bits per heavy atom. The van der Waals surface area contributed by atoms with Crippen molar-refractivity contribution in [2.45, 2.75) is 44.9 Å². The van der Waals surface area contributed by atoms with Gasteiger partial charge in [-0.15, -0.1) is 0 Å². The summed E-state index contributed by atoms with van der Waals surface area (Å²) in [7, 11) is -3.61. The summed E-state index contributed by atoms with van der Waals surface area (Å²) in [6.07, 6.45) is 0.967. The lowest BCUT2D eigenvalue weighted by molar-refractivity contribution is 0.327. The van der Waals surface area contributed by atoms with Gasteiger partial charge in [0.2, 0.25) is 10.0 Å². The van der Waals surface area contributed by atoms with Gasteiger partial charge in [0.15, 0.2) is 0 Å².